The van der Waals surface area contributed by atoms with Crippen molar-refractivity contribution in [1.82, 2.24) is 9.78 Å². The van der Waals surface area contributed by atoms with E-state index in [4.69, 9.17) is 4.74 Å². The first-order valence-electron chi connectivity index (χ1n) is 10.0. The van der Waals surface area contributed by atoms with Crippen LogP contribution < -0.4 is 10.6 Å². The summed E-state index contributed by atoms with van der Waals surface area (Å²) in [6.07, 6.45) is 0. The van der Waals surface area contributed by atoms with Crippen LogP contribution in [-0.4, -0.2) is 28.9 Å². The van der Waals surface area contributed by atoms with E-state index in [1.165, 1.54) is 11.8 Å². The summed E-state index contributed by atoms with van der Waals surface area (Å²) in [5.74, 6) is -0.384. The molecule has 2 amide bonds. The van der Waals surface area contributed by atoms with Gasteiger partial charge >= 0.3 is 12.0 Å². The van der Waals surface area contributed by atoms with Gasteiger partial charge < -0.3 is 10.1 Å². The molecular weight excluding hydrogens is 404 g/mol. The number of ether oxygens (including phenoxy) is 1. The molecule has 0 aliphatic heterocycles. The van der Waals surface area contributed by atoms with Gasteiger partial charge in [-0.15, -0.1) is 0 Å². The summed E-state index contributed by atoms with van der Waals surface area (Å²) in [5, 5.41) is 10.3. The van der Waals surface area contributed by atoms with Gasteiger partial charge in [0.25, 0.3) is 0 Å². The minimum Gasteiger partial charge on any atom is -0.465 e. The number of nitrogens with one attached hydrogen (secondary N) is 2. The van der Waals surface area contributed by atoms with Gasteiger partial charge in [0.05, 0.1) is 12.8 Å². The quantitative estimate of drug-likeness (QED) is 0.425. The summed E-state index contributed by atoms with van der Waals surface area (Å²) < 4.78 is 6.58. The van der Waals surface area contributed by atoms with E-state index in [0.29, 0.717) is 17.1 Å². The molecule has 7 nitrogen and oxygen atoms in total. The van der Waals surface area contributed by atoms with Crippen molar-refractivity contribution in [3.63, 3.8) is 0 Å². The molecule has 0 aliphatic carbocycles. The maximum Gasteiger partial charge on any atom is 0.343 e. The number of carbonyl (C=O) groups is 2. The van der Waals surface area contributed by atoms with Crippen LogP contribution in [0.15, 0.2) is 84.9 Å². The predicted molar refractivity (Wildman–Crippen MR) is 124 cm³/mol. The normalized spacial score (nSPS) is 10.4. The van der Waals surface area contributed by atoms with Crippen molar-refractivity contribution < 1.29 is 14.3 Å². The average molecular weight is 426 g/mol. The Morgan fingerprint density at radius 2 is 1.47 bits per heavy atom. The number of aromatic nitrogens is 2. The maximum atomic E-state index is 12.9. The van der Waals surface area contributed by atoms with Gasteiger partial charge in [-0.2, -0.15) is 5.10 Å². The average Bonchev–Trinajstić information content (AvgIpc) is 3.20. The molecule has 32 heavy (non-hydrogen) atoms. The van der Waals surface area contributed by atoms with Crippen LogP contribution in [0.3, 0.4) is 0 Å². The van der Waals surface area contributed by atoms with Crippen LogP contribution in [0.5, 0.6) is 0 Å². The van der Waals surface area contributed by atoms with Gasteiger partial charge in [-0.1, -0.05) is 66.7 Å². The molecule has 0 fully saturated rings. The SMILES string of the molecule is COC(=O)c1c(-c2ccccc2)nn(-c2ccccc2)c1NC(=O)Nc1ccccc1C. The van der Waals surface area contributed by atoms with Crippen molar-refractivity contribution >= 4 is 23.5 Å². The summed E-state index contributed by atoms with van der Waals surface area (Å²) in [6.45, 7) is 1.90. The zero-order chi connectivity index (χ0) is 22.5. The molecule has 0 aliphatic rings. The number of nitrogens with zero attached hydrogens (tertiary/aromatic N) is 2. The molecule has 1 heterocycles. The van der Waals surface area contributed by atoms with Gasteiger partial charge in [0.2, 0.25) is 0 Å². The van der Waals surface area contributed by atoms with Gasteiger partial charge in [-0.25, -0.2) is 14.3 Å². The standard InChI is InChI=1S/C25H22N4O3/c1-17-11-9-10-16-20(17)26-25(31)27-23-21(24(30)32-2)22(18-12-5-3-6-13-18)28-29(23)19-14-7-4-8-15-19/h3-16H,1-2H3,(H2,26,27,31). The Hall–Kier alpha value is -4.39. The highest BCUT2D eigenvalue weighted by atomic mass is 16.5. The van der Waals surface area contributed by atoms with Crippen molar-refractivity contribution in [1.29, 1.82) is 0 Å². The van der Waals surface area contributed by atoms with E-state index >= 15 is 0 Å². The van der Waals surface area contributed by atoms with Gasteiger partial charge in [-0.05, 0) is 30.7 Å². The van der Waals surface area contributed by atoms with Crippen molar-refractivity contribution in [2.24, 2.45) is 0 Å². The van der Waals surface area contributed by atoms with E-state index in [1.807, 2.05) is 85.8 Å². The fourth-order valence-electron chi connectivity index (χ4n) is 3.36. The zero-order valence-corrected chi connectivity index (χ0v) is 17.7. The Morgan fingerprint density at radius 1 is 0.844 bits per heavy atom. The zero-order valence-electron chi connectivity index (χ0n) is 17.7. The number of urea groups is 1. The Bertz CT molecular complexity index is 1250. The van der Waals surface area contributed by atoms with Crippen molar-refractivity contribution in [3.05, 3.63) is 96.1 Å². The third-order valence-corrected chi connectivity index (χ3v) is 4.95. The summed E-state index contributed by atoms with van der Waals surface area (Å²) in [7, 11) is 1.30. The molecule has 2 N–H and O–H groups in total. The van der Waals surface area contributed by atoms with Crippen LogP contribution >= 0.6 is 0 Å². The Kier molecular flexibility index (Phi) is 5.98. The van der Waals surface area contributed by atoms with Crippen LogP contribution in [0, 0.1) is 6.92 Å². The number of carbonyl (C=O) groups excluding carboxylic acids is 2. The van der Waals surface area contributed by atoms with Gasteiger partial charge in [-0.3, -0.25) is 5.32 Å². The topological polar surface area (TPSA) is 85.2 Å². The molecule has 0 bridgehead atoms. The number of para-hydroxylation sites is 2. The lowest BCUT2D eigenvalue weighted by Gasteiger charge is -2.12. The summed E-state index contributed by atoms with van der Waals surface area (Å²) in [5.41, 5.74) is 3.57. The lowest BCUT2D eigenvalue weighted by molar-refractivity contribution is 0.0603. The van der Waals surface area contributed by atoms with E-state index < -0.39 is 12.0 Å². The van der Waals surface area contributed by atoms with Crippen LogP contribution in [0.1, 0.15) is 15.9 Å². The molecule has 0 saturated carbocycles. The van der Waals surface area contributed by atoms with E-state index in [1.54, 1.807) is 6.07 Å². The highest BCUT2D eigenvalue weighted by Crippen LogP contribution is 2.32. The number of methoxy groups -OCH3 is 1. The highest BCUT2D eigenvalue weighted by Gasteiger charge is 2.27. The second-order valence-corrected chi connectivity index (χ2v) is 7.07. The number of hydrogen-bond acceptors (Lipinski definition) is 4. The van der Waals surface area contributed by atoms with Crippen LogP contribution in [0.4, 0.5) is 16.3 Å². The van der Waals surface area contributed by atoms with Gasteiger partial charge in [0.1, 0.15) is 11.3 Å². The first kappa shape index (κ1) is 20.9. The van der Waals surface area contributed by atoms with Crippen molar-refractivity contribution in [3.8, 4) is 16.9 Å². The molecule has 0 atom stereocenters. The second-order valence-electron chi connectivity index (χ2n) is 7.07. The third kappa shape index (κ3) is 4.22. The molecule has 0 radical (unpaired) electrons. The fourth-order valence-corrected chi connectivity index (χ4v) is 3.36. The third-order valence-electron chi connectivity index (χ3n) is 4.95. The molecule has 1 aromatic heterocycles. The number of aryl methyl sites for hydroxylation is 1. The molecule has 4 aromatic rings. The van der Waals surface area contributed by atoms with Crippen LogP contribution in [0.2, 0.25) is 0 Å². The van der Waals surface area contributed by atoms with Gasteiger partial charge in [0.15, 0.2) is 5.82 Å². The Morgan fingerprint density at radius 3 is 2.12 bits per heavy atom. The van der Waals surface area contributed by atoms with Crippen LogP contribution in [0.25, 0.3) is 16.9 Å². The van der Waals surface area contributed by atoms with Crippen molar-refractivity contribution in [2.75, 3.05) is 17.7 Å². The minimum absolute atomic E-state index is 0.169. The lowest BCUT2D eigenvalue weighted by atomic mass is 10.1. The molecule has 0 unspecified atom stereocenters. The molecule has 4 rings (SSSR count). The van der Waals surface area contributed by atoms with Crippen LogP contribution in [-0.2, 0) is 4.74 Å². The minimum atomic E-state index is -0.600. The second kappa shape index (κ2) is 9.18. The highest BCUT2D eigenvalue weighted by molar-refractivity contribution is 6.07. The van der Waals surface area contributed by atoms with Crippen molar-refractivity contribution in [2.45, 2.75) is 6.92 Å². The maximum absolute atomic E-state index is 12.9. The largest absolute Gasteiger partial charge is 0.465 e. The smallest absolute Gasteiger partial charge is 0.343 e. The molecular formula is C25H22N4O3. The monoisotopic (exact) mass is 426 g/mol. The number of rotatable bonds is 5. The number of esters is 1. The molecule has 7 heteroatoms. The summed E-state index contributed by atoms with van der Waals surface area (Å²) in [6, 6.07) is 25.5. The van der Waals surface area contributed by atoms with E-state index in [0.717, 1.165) is 11.1 Å². The number of benzene rings is 3. The fraction of sp³-hybridized carbons (Fsp3) is 0.0800. The lowest BCUT2D eigenvalue weighted by Crippen LogP contribution is -2.23. The number of amides is 2. The van der Waals surface area contributed by atoms with E-state index in [-0.39, 0.29) is 11.4 Å². The number of hydrogen-bond donors (Lipinski definition) is 2. The number of anilines is 2. The van der Waals surface area contributed by atoms with Gasteiger partial charge in [0, 0.05) is 11.3 Å². The Labute approximate surface area is 185 Å². The summed E-state index contributed by atoms with van der Waals surface area (Å²) >= 11 is 0. The van der Waals surface area contributed by atoms with E-state index in [2.05, 4.69) is 15.7 Å². The molecule has 160 valence electrons. The molecule has 0 spiro atoms. The molecule has 0 saturated heterocycles. The predicted octanol–water partition coefficient (Wildman–Crippen LogP) is 5.28. The Balaban J connectivity index is 1.83. The molecule has 3 aromatic carbocycles. The summed E-state index contributed by atoms with van der Waals surface area (Å²) in [4.78, 5) is 25.7. The van der Waals surface area contributed by atoms with E-state index in [9.17, 15) is 9.59 Å². The first-order chi connectivity index (χ1) is 15.6. The first-order valence-corrected chi connectivity index (χ1v) is 10.0.